The summed E-state index contributed by atoms with van der Waals surface area (Å²) in [6.45, 7) is 6.25. The number of halogens is 1. The molecule has 3 rings (SSSR count). The van der Waals surface area contributed by atoms with Gasteiger partial charge in [-0.05, 0) is 49.7 Å². The SMILES string of the molecule is CCN1CCCC1CNC(=NC)NCc1cccc(-n2cccn2)c1.I. The van der Waals surface area contributed by atoms with E-state index in [1.165, 1.54) is 24.9 Å². The van der Waals surface area contributed by atoms with Crippen molar-refractivity contribution < 1.29 is 0 Å². The van der Waals surface area contributed by atoms with Crippen LogP contribution in [0, 0.1) is 0 Å². The lowest BCUT2D eigenvalue weighted by Gasteiger charge is -2.24. The first-order valence-corrected chi connectivity index (χ1v) is 9.07. The summed E-state index contributed by atoms with van der Waals surface area (Å²) in [6, 6.07) is 10.9. The molecule has 26 heavy (non-hydrogen) atoms. The molecule has 1 aromatic heterocycles. The molecule has 0 amide bonds. The van der Waals surface area contributed by atoms with Gasteiger partial charge in [0.1, 0.15) is 0 Å². The van der Waals surface area contributed by atoms with Crippen molar-refractivity contribution in [2.24, 2.45) is 4.99 Å². The van der Waals surface area contributed by atoms with Crippen LogP contribution in [0.25, 0.3) is 5.69 Å². The molecule has 2 N–H and O–H groups in total. The van der Waals surface area contributed by atoms with Crippen LogP contribution in [0.5, 0.6) is 0 Å². The molecule has 142 valence electrons. The highest BCUT2D eigenvalue weighted by Crippen LogP contribution is 2.15. The van der Waals surface area contributed by atoms with Crippen molar-refractivity contribution in [2.45, 2.75) is 32.4 Å². The summed E-state index contributed by atoms with van der Waals surface area (Å²) in [6.07, 6.45) is 6.31. The summed E-state index contributed by atoms with van der Waals surface area (Å²) in [7, 11) is 1.82. The summed E-state index contributed by atoms with van der Waals surface area (Å²) in [4.78, 5) is 6.88. The average Bonchev–Trinajstić information content (AvgIpc) is 3.33. The van der Waals surface area contributed by atoms with Gasteiger partial charge in [0.15, 0.2) is 5.96 Å². The number of nitrogens with zero attached hydrogens (tertiary/aromatic N) is 4. The van der Waals surface area contributed by atoms with E-state index < -0.39 is 0 Å². The van der Waals surface area contributed by atoms with Gasteiger partial charge in [0.25, 0.3) is 0 Å². The summed E-state index contributed by atoms with van der Waals surface area (Å²) in [5.41, 5.74) is 2.27. The van der Waals surface area contributed by atoms with Crippen molar-refractivity contribution in [2.75, 3.05) is 26.7 Å². The van der Waals surface area contributed by atoms with Gasteiger partial charge in [-0.25, -0.2) is 4.68 Å². The Morgan fingerprint density at radius 3 is 2.92 bits per heavy atom. The second-order valence-corrected chi connectivity index (χ2v) is 6.35. The summed E-state index contributed by atoms with van der Waals surface area (Å²) in [5, 5.41) is 11.2. The van der Waals surface area contributed by atoms with Gasteiger partial charge in [0.2, 0.25) is 0 Å². The van der Waals surface area contributed by atoms with E-state index in [4.69, 9.17) is 0 Å². The largest absolute Gasteiger partial charge is 0.355 e. The van der Waals surface area contributed by atoms with Gasteiger partial charge in [-0.1, -0.05) is 19.1 Å². The molecule has 1 aliphatic rings. The second-order valence-electron chi connectivity index (χ2n) is 6.35. The number of likely N-dealkylation sites (N-methyl/N-ethyl adjacent to an activating group) is 1. The molecule has 7 heteroatoms. The molecular weight excluding hydrogens is 439 g/mol. The molecule has 0 spiro atoms. The molecule has 1 saturated heterocycles. The van der Waals surface area contributed by atoms with E-state index in [1.807, 2.05) is 24.0 Å². The zero-order chi connectivity index (χ0) is 17.5. The molecule has 1 atom stereocenters. The van der Waals surface area contributed by atoms with E-state index in [0.29, 0.717) is 6.04 Å². The smallest absolute Gasteiger partial charge is 0.191 e. The fourth-order valence-electron chi connectivity index (χ4n) is 3.39. The Hall–Kier alpha value is -1.61. The molecule has 1 aliphatic heterocycles. The van der Waals surface area contributed by atoms with Gasteiger partial charge in [-0.15, -0.1) is 24.0 Å². The quantitative estimate of drug-likeness (QED) is 0.389. The van der Waals surface area contributed by atoms with Crippen molar-refractivity contribution in [1.82, 2.24) is 25.3 Å². The molecule has 0 saturated carbocycles. The van der Waals surface area contributed by atoms with Crippen LogP contribution in [-0.2, 0) is 6.54 Å². The topological polar surface area (TPSA) is 57.5 Å². The van der Waals surface area contributed by atoms with Crippen LogP contribution >= 0.6 is 24.0 Å². The average molecular weight is 468 g/mol. The predicted molar refractivity (Wildman–Crippen MR) is 117 cm³/mol. The third-order valence-electron chi connectivity index (χ3n) is 4.77. The number of hydrogen-bond acceptors (Lipinski definition) is 3. The third-order valence-corrected chi connectivity index (χ3v) is 4.77. The number of aliphatic imine (C=N–C) groups is 1. The van der Waals surface area contributed by atoms with Crippen molar-refractivity contribution in [3.63, 3.8) is 0 Å². The zero-order valence-electron chi connectivity index (χ0n) is 15.6. The lowest BCUT2D eigenvalue weighted by Crippen LogP contribution is -2.44. The van der Waals surface area contributed by atoms with Crippen LogP contribution in [0.15, 0.2) is 47.7 Å². The molecule has 1 aromatic carbocycles. The van der Waals surface area contributed by atoms with Gasteiger partial charge >= 0.3 is 0 Å². The van der Waals surface area contributed by atoms with E-state index in [1.54, 1.807) is 6.20 Å². The van der Waals surface area contributed by atoms with Gasteiger partial charge < -0.3 is 10.6 Å². The summed E-state index contributed by atoms with van der Waals surface area (Å²) in [5.74, 6) is 0.854. The van der Waals surface area contributed by atoms with E-state index in [-0.39, 0.29) is 24.0 Å². The molecule has 0 aliphatic carbocycles. The number of hydrogen-bond donors (Lipinski definition) is 2. The number of nitrogens with one attached hydrogen (secondary N) is 2. The lowest BCUT2D eigenvalue weighted by molar-refractivity contribution is 0.267. The Labute approximate surface area is 173 Å². The first kappa shape index (κ1) is 20.7. The van der Waals surface area contributed by atoms with Crippen LogP contribution < -0.4 is 10.6 Å². The minimum atomic E-state index is 0. The molecule has 2 heterocycles. The number of likely N-dealkylation sites (tertiary alicyclic amines) is 1. The molecule has 2 aromatic rings. The third kappa shape index (κ3) is 5.44. The molecule has 1 fully saturated rings. The Morgan fingerprint density at radius 2 is 2.19 bits per heavy atom. The normalized spacial score (nSPS) is 17.8. The maximum absolute atomic E-state index is 4.35. The Balaban J connectivity index is 0.00000243. The maximum atomic E-state index is 4.35. The van der Waals surface area contributed by atoms with Gasteiger partial charge in [0, 0.05) is 38.6 Å². The number of guanidine groups is 1. The minimum absolute atomic E-state index is 0. The molecule has 6 nitrogen and oxygen atoms in total. The highest BCUT2D eigenvalue weighted by molar-refractivity contribution is 14.0. The van der Waals surface area contributed by atoms with Crippen molar-refractivity contribution in [1.29, 1.82) is 0 Å². The van der Waals surface area contributed by atoms with E-state index in [9.17, 15) is 0 Å². The number of benzene rings is 1. The van der Waals surface area contributed by atoms with Crippen LogP contribution in [-0.4, -0.2) is 53.4 Å². The molecule has 0 radical (unpaired) electrons. The number of rotatable bonds is 6. The Kier molecular flexibility index (Phi) is 8.37. The van der Waals surface area contributed by atoms with Crippen molar-refractivity contribution in [3.8, 4) is 5.69 Å². The Morgan fingerprint density at radius 1 is 1.31 bits per heavy atom. The summed E-state index contributed by atoms with van der Waals surface area (Å²) >= 11 is 0. The number of aromatic nitrogens is 2. The first-order valence-electron chi connectivity index (χ1n) is 9.07. The molecule has 0 bridgehead atoms. The Bertz CT molecular complexity index is 685. The maximum Gasteiger partial charge on any atom is 0.191 e. The summed E-state index contributed by atoms with van der Waals surface area (Å²) < 4.78 is 1.87. The second kappa shape index (κ2) is 10.5. The van der Waals surface area contributed by atoms with Crippen molar-refractivity contribution >= 4 is 29.9 Å². The van der Waals surface area contributed by atoms with Crippen LogP contribution in [0.3, 0.4) is 0 Å². The fourth-order valence-corrected chi connectivity index (χ4v) is 3.39. The standard InChI is InChI=1S/C19H28N6.HI/c1-3-24-11-5-9-18(24)15-22-19(20-2)21-14-16-7-4-8-17(13-16)25-12-6-10-23-25;/h4,6-8,10,12-13,18H,3,5,9,11,14-15H2,1-2H3,(H2,20,21,22);1H. The van der Waals surface area contributed by atoms with E-state index >= 15 is 0 Å². The first-order chi connectivity index (χ1) is 12.3. The highest BCUT2D eigenvalue weighted by Gasteiger charge is 2.22. The monoisotopic (exact) mass is 468 g/mol. The predicted octanol–water partition coefficient (Wildman–Crippen LogP) is 2.64. The fraction of sp³-hybridized carbons (Fsp3) is 0.474. The van der Waals surface area contributed by atoms with Gasteiger partial charge in [-0.3, -0.25) is 9.89 Å². The van der Waals surface area contributed by atoms with Gasteiger partial charge in [0.05, 0.1) is 5.69 Å². The van der Waals surface area contributed by atoms with E-state index in [0.717, 1.165) is 31.3 Å². The van der Waals surface area contributed by atoms with Crippen LogP contribution in [0.1, 0.15) is 25.3 Å². The van der Waals surface area contributed by atoms with Crippen LogP contribution in [0.2, 0.25) is 0 Å². The molecule has 1 unspecified atom stereocenters. The highest BCUT2D eigenvalue weighted by atomic mass is 127. The van der Waals surface area contributed by atoms with Crippen molar-refractivity contribution in [3.05, 3.63) is 48.3 Å². The lowest BCUT2D eigenvalue weighted by atomic mass is 10.2. The van der Waals surface area contributed by atoms with Crippen LogP contribution in [0.4, 0.5) is 0 Å². The molecular formula is C19H29IN6. The van der Waals surface area contributed by atoms with E-state index in [2.05, 4.69) is 56.8 Å². The van der Waals surface area contributed by atoms with Gasteiger partial charge in [-0.2, -0.15) is 5.10 Å². The minimum Gasteiger partial charge on any atom is -0.355 e. The zero-order valence-corrected chi connectivity index (χ0v) is 17.9.